The van der Waals surface area contributed by atoms with Gasteiger partial charge in [-0.25, -0.2) is 9.66 Å². The van der Waals surface area contributed by atoms with E-state index >= 15 is 0 Å². The molecule has 0 spiro atoms. The molecular formula is C18H16Cl2N4OS. The van der Waals surface area contributed by atoms with E-state index in [-0.39, 0.29) is 5.91 Å². The van der Waals surface area contributed by atoms with Crippen LogP contribution in [0.2, 0.25) is 10.0 Å². The summed E-state index contributed by atoms with van der Waals surface area (Å²) in [5.74, 6) is 5.79. The number of amides is 1. The molecule has 3 rings (SSSR count). The first-order valence-corrected chi connectivity index (χ1v) is 9.39. The summed E-state index contributed by atoms with van der Waals surface area (Å²) in [5, 5.41) is 3.84. The molecule has 134 valence electrons. The van der Waals surface area contributed by atoms with Crippen molar-refractivity contribution in [1.82, 2.24) is 9.66 Å². The third-order valence-electron chi connectivity index (χ3n) is 3.55. The zero-order valence-electron chi connectivity index (χ0n) is 13.8. The Kier molecular flexibility index (Phi) is 5.76. The van der Waals surface area contributed by atoms with Crippen LogP contribution in [0.15, 0.2) is 59.9 Å². The fourth-order valence-electron chi connectivity index (χ4n) is 2.29. The van der Waals surface area contributed by atoms with Crippen molar-refractivity contribution in [3.63, 3.8) is 0 Å². The van der Waals surface area contributed by atoms with Crippen LogP contribution in [-0.4, -0.2) is 20.8 Å². The number of carbonyl (C=O) groups is 1. The number of aromatic nitrogens is 2. The number of carbonyl (C=O) groups excluding carboxylic acids is 1. The molecule has 0 aliphatic rings. The number of hydrogen-bond donors (Lipinski definition) is 2. The van der Waals surface area contributed by atoms with Crippen molar-refractivity contribution in [1.29, 1.82) is 0 Å². The lowest BCUT2D eigenvalue weighted by atomic mass is 10.2. The van der Waals surface area contributed by atoms with Gasteiger partial charge in [-0.2, -0.15) is 0 Å². The molecule has 26 heavy (non-hydrogen) atoms. The highest BCUT2D eigenvalue weighted by atomic mass is 35.5. The molecular weight excluding hydrogens is 391 g/mol. The minimum Gasteiger partial charge on any atom is -0.337 e. The first-order valence-electron chi connectivity index (χ1n) is 7.76. The second-order valence-electron chi connectivity index (χ2n) is 5.59. The van der Waals surface area contributed by atoms with Crippen molar-refractivity contribution in [3.05, 3.63) is 64.8 Å². The lowest BCUT2D eigenvalue weighted by molar-refractivity contribution is -0.115. The summed E-state index contributed by atoms with van der Waals surface area (Å²) in [6.45, 7) is 1.78. The van der Waals surface area contributed by atoms with Crippen LogP contribution in [0.1, 0.15) is 6.92 Å². The molecule has 5 nitrogen and oxygen atoms in total. The lowest BCUT2D eigenvalue weighted by Gasteiger charge is -2.12. The number of nitrogen functional groups attached to an aromatic ring is 1. The maximum atomic E-state index is 12.4. The third kappa shape index (κ3) is 4.52. The minimum absolute atomic E-state index is 0.197. The smallest absolute Gasteiger partial charge is 0.237 e. The number of halogens is 2. The number of rotatable bonds is 5. The second-order valence-corrected chi connectivity index (χ2v) is 7.77. The molecule has 0 fully saturated rings. The van der Waals surface area contributed by atoms with Crippen LogP contribution >= 0.6 is 35.0 Å². The van der Waals surface area contributed by atoms with Crippen LogP contribution < -0.4 is 11.2 Å². The molecule has 1 atom stereocenters. The molecule has 8 heteroatoms. The van der Waals surface area contributed by atoms with Gasteiger partial charge in [-0.05, 0) is 25.1 Å². The fraction of sp³-hybridized carbons (Fsp3) is 0.111. The highest BCUT2D eigenvalue weighted by Crippen LogP contribution is 2.27. The highest BCUT2D eigenvalue weighted by molar-refractivity contribution is 8.00. The van der Waals surface area contributed by atoms with E-state index in [2.05, 4.69) is 10.3 Å². The van der Waals surface area contributed by atoms with E-state index in [1.807, 2.05) is 30.3 Å². The van der Waals surface area contributed by atoms with Gasteiger partial charge in [0.25, 0.3) is 0 Å². The minimum atomic E-state index is -0.416. The summed E-state index contributed by atoms with van der Waals surface area (Å²) in [6, 6.07) is 14.6. The van der Waals surface area contributed by atoms with E-state index in [0.717, 1.165) is 11.3 Å². The molecule has 0 saturated heterocycles. The molecule has 2 aromatic carbocycles. The molecule has 1 heterocycles. The summed E-state index contributed by atoms with van der Waals surface area (Å²) in [6.07, 6.45) is 1.74. The molecule has 0 unspecified atom stereocenters. The topological polar surface area (TPSA) is 72.9 Å². The number of thioether (sulfide) groups is 1. The number of benzene rings is 2. The molecule has 1 aromatic heterocycles. The van der Waals surface area contributed by atoms with Gasteiger partial charge in [-0.1, -0.05) is 65.3 Å². The van der Waals surface area contributed by atoms with E-state index in [9.17, 15) is 4.79 Å². The molecule has 0 bridgehead atoms. The summed E-state index contributed by atoms with van der Waals surface area (Å²) >= 11 is 13.2. The Bertz CT molecular complexity index is 910. The number of imidazole rings is 1. The van der Waals surface area contributed by atoms with Crippen molar-refractivity contribution in [3.8, 4) is 11.3 Å². The average Bonchev–Trinajstić information content (AvgIpc) is 2.95. The first kappa shape index (κ1) is 18.6. The fourth-order valence-corrected chi connectivity index (χ4v) is 3.63. The Hall–Kier alpha value is -2.15. The quantitative estimate of drug-likeness (QED) is 0.476. The highest BCUT2D eigenvalue weighted by Gasteiger charge is 2.19. The largest absolute Gasteiger partial charge is 0.337 e. The van der Waals surface area contributed by atoms with Gasteiger partial charge >= 0.3 is 0 Å². The number of nitrogens with two attached hydrogens (primary N) is 1. The normalized spacial score (nSPS) is 12.0. The van der Waals surface area contributed by atoms with E-state index in [1.165, 1.54) is 16.4 Å². The van der Waals surface area contributed by atoms with Gasteiger partial charge in [0, 0.05) is 21.3 Å². The van der Waals surface area contributed by atoms with Gasteiger partial charge in [0.15, 0.2) is 5.16 Å². The van der Waals surface area contributed by atoms with E-state index in [0.29, 0.717) is 20.9 Å². The van der Waals surface area contributed by atoms with Gasteiger partial charge in [0.2, 0.25) is 5.91 Å². The van der Waals surface area contributed by atoms with Crippen molar-refractivity contribution >= 4 is 46.6 Å². The van der Waals surface area contributed by atoms with Gasteiger partial charge in [0.1, 0.15) is 0 Å². The van der Waals surface area contributed by atoms with E-state index in [4.69, 9.17) is 29.0 Å². The standard InChI is InChI=1S/C18H16Cl2N4OS/c1-11(17(25)22-15-8-13(19)7-14(20)9-15)26-18-23-16(10-24(18)21)12-5-3-2-4-6-12/h2-11H,21H2,1H3,(H,22,25)/t11-/m0/s1. The van der Waals surface area contributed by atoms with Crippen molar-refractivity contribution < 1.29 is 4.79 Å². The van der Waals surface area contributed by atoms with E-state index < -0.39 is 5.25 Å². The molecule has 0 radical (unpaired) electrons. The number of nitrogens with zero attached hydrogens (tertiary/aromatic N) is 2. The Morgan fingerprint density at radius 3 is 2.50 bits per heavy atom. The summed E-state index contributed by atoms with van der Waals surface area (Å²) in [7, 11) is 0. The molecule has 0 aliphatic heterocycles. The Labute approximate surface area is 165 Å². The Balaban J connectivity index is 1.70. The van der Waals surface area contributed by atoms with Crippen LogP contribution in [0.4, 0.5) is 5.69 Å². The molecule has 1 amide bonds. The van der Waals surface area contributed by atoms with Gasteiger partial charge in [0.05, 0.1) is 17.1 Å². The van der Waals surface area contributed by atoms with Crippen LogP contribution in [0, 0.1) is 0 Å². The summed E-state index contributed by atoms with van der Waals surface area (Å²) in [5.41, 5.74) is 2.26. The maximum Gasteiger partial charge on any atom is 0.237 e. The first-order chi connectivity index (χ1) is 12.4. The van der Waals surface area contributed by atoms with Crippen molar-refractivity contribution in [2.24, 2.45) is 0 Å². The van der Waals surface area contributed by atoms with Crippen LogP contribution in [0.5, 0.6) is 0 Å². The average molecular weight is 407 g/mol. The Morgan fingerprint density at radius 1 is 1.19 bits per heavy atom. The molecule has 3 N–H and O–H groups in total. The number of anilines is 1. The number of hydrogen-bond acceptors (Lipinski definition) is 4. The predicted molar refractivity (Wildman–Crippen MR) is 108 cm³/mol. The summed E-state index contributed by atoms with van der Waals surface area (Å²) in [4.78, 5) is 16.9. The van der Waals surface area contributed by atoms with E-state index in [1.54, 1.807) is 31.3 Å². The van der Waals surface area contributed by atoms with Crippen LogP contribution in [0.3, 0.4) is 0 Å². The Morgan fingerprint density at radius 2 is 1.85 bits per heavy atom. The monoisotopic (exact) mass is 406 g/mol. The molecule has 0 saturated carbocycles. The SMILES string of the molecule is C[C@H](Sc1nc(-c2ccccc2)cn1N)C(=O)Nc1cc(Cl)cc(Cl)c1. The summed E-state index contributed by atoms with van der Waals surface area (Å²) < 4.78 is 1.42. The van der Waals surface area contributed by atoms with Gasteiger partial charge in [-0.3, -0.25) is 4.79 Å². The van der Waals surface area contributed by atoms with Gasteiger partial charge < -0.3 is 11.2 Å². The van der Waals surface area contributed by atoms with Crippen LogP contribution in [-0.2, 0) is 4.79 Å². The zero-order chi connectivity index (χ0) is 18.7. The molecule has 0 aliphatic carbocycles. The zero-order valence-corrected chi connectivity index (χ0v) is 16.1. The lowest BCUT2D eigenvalue weighted by Crippen LogP contribution is -2.23. The van der Waals surface area contributed by atoms with Crippen molar-refractivity contribution in [2.75, 3.05) is 11.2 Å². The van der Waals surface area contributed by atoms with Crippen LogP contribution in [0.25, 0.3) is 11.3 Å². The second kappa shape index (κ2) is 8.03. The predicted octanol–water partition coefficient (Wildman–Crippen LogP) is 4.69. The number of nitrogens with one attached hydrogen (secondary N) is 1. The van der Waals surface area contributed by atoms with Gasteiger partial charge in [-0.15, -0.1) is 0 Å². The maximum absolute atomic E-state index is 12.4. The third-order valence-corrected chi connectivity index (χ3v) is 5.07. The molecule has 3 aromatic rings. The van der Waals surface area contributed by atoms with Crippen molar-refractivity contribution in [2.45, 2.75) is 17.3 Å².